The fourth-order valence-corrected chi connectivity index (χ4v) is 3.69. The number of aliphatic carboxylic acids is 2. The van der Waals surface area contributed by atoms with Gasteiger partial charge in [0.1, 0.15) is 18.1 Å². The molecule has 0 bridgehead atoms. The van der Waals surface area contributed by atoms with E-state index >= 15 is 0 Å². The summed E-state index contributed by atoms with van der Waals surface area (Å²) >= 11 is 0. The van der Waals surface area contributed by atoms with Gasteiger partial charge >= 0.3 is 11.9 Å². The van der Waals surface area contributed by atoms with Crippen LogP contribution in [0.3, 0.4) is 0 Å². The second kappa shape index (κ2) is 15.2. The molecule has 1 saturated heterocycles. The molecule has 0 aliphatic carbocycles. The van der Waals surface area contributed by atoms with Crippen molar-refractivity contribution in [1.82, 2.24) is 21.3 Å². The largest absolute Gasteiger partial charge is 0.481 e. The van der Waals surface area contributed by atoms with Crippen LogP contribution >= 0.6 is 0 Å². The molecule has 0 aromatic rings. The van der Waals surface area contributed by atoms with Crippen molar-refractivity contribution in [1.29, 1.82) is 0 Å². The maximum Gasteiger partial charge on any atom is 0.326 e. The lowest BCUT2D eigenvalue weighted by Gasteiger charge is -2.26. The average Bonchev–Trinajstić information content (AvgIpc) is 3.33. The van der Waals surface area contributed by atoms with Crippen molar-refractivity contribution >= 4 is 29.7 Å². The van der Waals surface area contributed by atoms with Crippen LogP contribution in [0.25, 0.3) is 0 Å². The summed E-state index contributed by atoms with van der Waals surface area (Å²) in [6, 6.07) is -3.79. The lowest BCUT2D eigenvalue weighted by atomic mass is 9.98. The van der Waals surface area contributed by atoms with Crippen molar-refractivity contribution in [3.63, 3.8) is 0 Å². The number of hydrogen-bond acceptors (Lipinski definition) is 7. The SMILES string of the molecule is CCC(C)C(NC(=O)C(CCC(=O)O)NC(=O)C(CCCCN)NC(=O)C1CCCN1)C(=O)O. The maximum absolute atomic E-state index is 13.0. The first kappa shape index (κ1) is 29.3. The van der Waals surface area contributed by atoms with Crippen molar-refractivity contribution < 1.29 is 34.2 Å². The van der Waals surface area contributed by atoms with Gasteiger partial charge in [-0.1, -0.05) is 20.3 Å². The second-order valence-electron chi connectivity index (χ2n) is 8.70. The maximum atomic E-state index is 13.0. The smallest absolute Gasteiger partial charge is 0.326 e. The Balaban J connectivity index is 2.96. The number of amides is 3. The van der Waals surface area contributed by atoms with Gasteiger partial charge in [-0.25, -0.2) is 4.79 Å². The molecule has 12 nitrogen and oxygen atoms in total. The lowest BCUT2D eigenvalue weighted by Crippen LogP contribution is -2.57. The van der Waals surface area contributed by atoms with Gasteiger partial charge in [-0.05, 0) is 57.5 Å². The zero-order valence-electron chi connectivity index (χ0n) is 20.0. The van der Waals surface area contributed by atoms with Crippen LogP contribution < -0.4 is 27.0 Å². The van der Waals surface area contributed by atoms with Gasteiger partial charge in [-0.2, -0.15) is 0 Å². The van der Waals surface area contributed by atoms with Crippen molar-refractivity contribution in [2.45, 2.75) is 89.4 Å². The Hall–Kier alpha value is -2.73. The average molecular weight is 486 g/mol. The van der Waals surface area contributed by atoms with Crippen LogP contribution in [0.15, 0.2) is 0 Å². The van der Waals surface area contributed by atoms with Gasteiger partial charge in [0.05, 0.1) is 6.04 Å². The minimum absolute atomic E-state index is 0.229. The molecule has 1 rings (SSSR count). The van der Waals surface area contributed by atoms with E-state index in [0.717, 1.165) is 6.42 Å². The molecule has 12 heteroatoms. The lowest BCUT2D eigenvalue weighted by molar-refractivity contribution is -0.144. The van der Waals surface area contributed by atoms with Crippen LogP contribution in [0.1, 0.15) is 65.2 Å². The Labute approximate surface area is 199 Å². The number of carbonyl (C=O) groups is 5. The first-order valence-electron chi connectivity index (χ1n) is 11.9. The molecule has 5 unspecified atom stereocenters. The minimum Gasteiger partial charge on any atom is -0.481 e. The molecular formula is C22H39N5O7. The molecule has 5 atom stereocenters. The van der Waals surface area contributed by atoms with E-state index in [-0.39, 0.29) is 18.2 Å². The molecule has 1 fully saturated rings. The van der Waals surface area contributed by atoms with E-state index in [0.29, 0.717) is 45.2 Å². The Morgan fingerprint density at radius 1 is 1.00 bits per heavy atom. The predicted octanol–water partition coefficient (Wildman–Crippen LogP) is -0.683. The van der Waals surface area contributed by atoms with Gasteiger partial charge < -0.3 is 37.2 Å². The van der Waals surface area contributed by atoms with Crippen molar-refractivity contribution in [3.05, 3.63) is 0 Å². The molecule has 1 heterocycles. The number of hydrogen-bond donors (Lipinski definition) is 7. The predicted molar refractivity (Wildman–Crippen MR) is 124 cm³/mol. The van der Waals surface area contributed by atoms with E-state index in [1.165, 1.54) is 0 Å². The van der Waals surface area contributed by atoms with E-state index in [4.69, 9.17) is 10.8 Å². The van der Waals surface area contributed by atoms with Crippen LogP contribution in [0, 0.1) is 5.92 Å². The summed E-state index contributed by atoms with van der Waals surface area (Å²) in [4.78, 5) is 61.1. The van der Waals surface area contributed by atoms with E-state index in [1.54, 1.807) is 13.8 Å². The van der Waals surface area contributed by atoms with E-state index < -0.39 is 54.3 Å². The Morgan fingerprint density at radius 2 is 1.65 bits per heavy atom. The highest BCUT2D eigenvalue weighted by molar-refractivity contribution is 5.94. The summed E-state index contributed by atoms with van der Waals surface area (Å²) in [7, 11) is 0. The summed E-state index contributed by atoms with van der Waals surface area (Å²) < 4.78 is 0. The van der Waals surface area contributed by atoms with Gasteiger partial charge in [0.15, 0.2) is 0 Å². The third-order valence-corrected chi connectivity index (χ3v) is 6.01. The minimum atomic E-state index is -1.27. The monoisotopic (exact) mass is 485 g/mol. The topological polar surface area (TPSA) is 200 Å². The van der Waals surface area contributed by atoms with Crippen LogP contribution in [0.2, 0.25) is 0 Å². The summed E-state index contributed by atoms with van der Waals surface area (Å²) in [5, 5.41) is 29.2. The number of rotatable bonds is 16. The normalized spacial score (nSPS) is 18.9. The Morgan fingerprint density at radius 3 is 2.18 bits per heavy atom. The third-order valence-electron chi connectivity index (χ3n) is 6.01. The van der Waals surface area contributed by atoms with E-state index in [1.807, 2.05) is 0 Å². The number of nitrogens with two attached hydrogens (primary N) is 1. The standard InChI is InChI=1S/C22H39N5O7/c1-3-13(2)18(22(33)34)27-21(32)16(9-10-17(28)29)26-20(31)15(7-4-5-11-23)25-19(30)14-8-6-12-24-14/h13-16,18,24H,3-12,23H2,1-2H3,(H,25,30)(H,26,31)(H,27,32)(H,28,29)(H,33,34). The van der Waals surface area contributed by atoms with Crippen molar-refractivity contribution in [2.75, 3.05) is 13.1 Å². The molecule has 1 aliphatic heterocycles. The molecule has 0 aromatic heterocycles. The fraction of sp³-hybridized carbons (Fsp3) is 0.773. The molecule has 0 spiro atoms. The highest BCUT2D eigenvalue weighted by Gasteiger charge is 2.32. The zero-order chi connectivity index (χ0) is 25.7. The Bertz CT molecular complexity index is 712. The summed E-state index contributed by atoms with van der Waals surface area (Å²) in [5.74, 6) is -4.50. The fourth-order valence-electron chi connectivity index (χ4n) is 3.69. The number of unbranched alkanes of at least 4 members (excludes halogenated alkanes) is 1. The van der Waals surface area contributed by atoms with Gasteiger partial charge in [0.2, 0.25) is 17.7 Å². The first-order valence-corrected chi connectivity index (χ1v) is 11.9. The highest BCUT2D eigenvalue weighted by atomic mass is 16.4. The summed E-state index contributed by atoms with van der Waals surface area (Å²) in [6.07, 6.45) is 2.85. The number of carboxylic acids is 2. The summed E-state index contributed by atoms with van der Waals surface area (Å²) in [5.41, 5.74) is 5.53. The number of nitrogens with one attached hydrogen (secondary N) is 4. The van der Waals surface area contributed by atoms with E-state index in [9.17, 15) is 29.1 Å². The molecule has 0 aromatic carbocycles. The van der Waals surface area contributed by atoms with Crippen LogP contribution in [0.4, 0.5) is 0 Å². The van der Waals surface area contributed by atoms with Crippen molar-refractivity contribution in [3.8, 4) is 0 Å². The van der Waals surface area contributed by atoms with Crippen molar-refractivity contribution in [2.24, 2.45) is 11.7 Å². The van der Waals surface area contributed by atoms with Gasteiger partial charge in [0.25, 0.3) is 0 Å². The Kier molecular flexibility index (Phi) is 13.1. The van der Waals surface area contributed by atoms with Gasteiger partial charge in [0, 0.05) is 6.42 Å². The third kappa shape index (κ3) is 10.0. The van der Waals surface area contributed by atoms with Crippen LogP contribution in [0.5, 0.6) is 0 Å². The molecule has 194 valence electrons. The van der Waals surface area contributed by atoms with Crippen LogP contribution in [-0.2, 0) is 24.0 Å². The number of carboxylic acid groups (broad SMARTS) is 2. The summed E-state index contributed by atoms with van der Waals surface area (Å²) in [6.45, 7) is 4.58. The molecule has 34 heavy (non-hydrogen) atoms. The molecule has 0 radical (unpaired) electrons. The quantitative estimate of drug-likeness (QED) is 0.138. The first-order chi connectivity index (χ1) is 16.1. The molecular weight excluding hydrogens is 446 g/mol. The number of carbonyl (C=O) groups excluding carboxylic acids is 3. The molecule has 0 saturated carbocycles. The van der Waals surface area contributed by atoms with E-state index in [2.05, 4.69) is 21.3 Å². The van der Waals surface area contributed by atoms with Gasteiger partial charge in [-0.3, -0.25) is 19.2 Å². The second-order valence-corrected chi connectivity index (χ2v) is 8.70. The molecule has 8 N–H and O–H groups in total. The van der Waals surface area contributed by atoms with Gasteiger partial charge in [-0.15, -0.1) is 0 Å². The molecule has 1 aliphatic rings. The van der Waals surface area contributed by atoms with Crippen LogP contribution in [-0.4, -0.2) is 77.1 Å². The highest BCUT2D eigenvalue weighted by Crippen LogP contribution is 2.11. The zero-order valence-corrected chi connectivity index (χ0v) is 20.0. The molecule has 3 amide bonds.